The van der Waals surface area contributed by atoms with Gasteiger partial charge < -0.3 is 21.1 Å². The Hall–Kier alpha value is -2.73. The van der Waals surface area contributed by atoms with Crippen LogP contribution in [0.3, 0.4) is 0 Å². The molecule has 0 heterocycles. The Morgan fingerprint density at radius 3 is 2.50 bits per heavy atom. The first kappa shape index (κ1) is 23.5. The molecule has 1 aliphatic carbocycles. The number of hydrogen-bond acceptors (Lipinski definition) is 4. The summed E-state index contributed by atoms with van der Waals surface area (Å²) < 4.78 is 5.37. The van der Waals surface area contributed by atoms with Gasteiger partial charge in [-0.05, 0) is 49.1 Å². The lowest BCUT2D eigenvalue weighted by Gasteiger charge is -2.21. The van der Waals surface area contributed by atoms with E-state index in [4.69, 9.17) is 10.5 Å². The second-order valence-electron chi connectivity index (χ2n) is 7.49. The lowest BCUT2D eigenvalue weighted by atomic mass is 9.88. The van der Waals surface area contributed by atoms with Gasteiger partial charge in [0.1, 0.15) is 5.75 Å². The first-order valence-electron chi connectivity index (χ1n) is 10.2. The maximum absolute atomic E-state index is 12.6. The largest absolute Gasteiger partial charge is 0.495 e. The molecule has 2 amide bonds. The number of amides is 2. The van der Waals surface area contributed by atoms with Gasteiger partial charge in [-0.15, -0.1) is 12.4 Å². The Morgan fingerprint density at radius 1 is 1.07 bits per heavy atom. The Bertz CT molecular complexity index is 867. The van der Waals surface area contributed by atoms with Gasteiger partial charge in [0, 0.05) is 23.7 Å². The van der Waals surface area contributed by atoms with E-state index in [-0.39, 0.29) is 30.1 Å². The van der Waals surface area contributed by atoms with E-state index in [0.29, 0.717) is 35.7 Å². The number of aryl methyl sites for hydroxylation is 1. The van der Waals surface area contributed by atoms with Crippen LogP contribution in [0.4, 0.5) is 17.1 Å². The van der Waals surface area contributed by atoms with Gasteiger partial charge >= 0.3 is 0 Å². The molecule has 0 saturated heterocycles. The van der Waals surface area contributed by atoms with Crippen molar-refractivity contribution >= 4 is 41.3 Å². The molecule has 162 valence electrons. The van der Waals surface area contributed by atoms with E-state index < -0.39 is 0 Å². The summed E-state index contributed by atoms with van der Waals surface area (Å²) in [5.41, 5.74) is 8.78. The predicted octanol–water partition coefficient (Wildman–Crippen LogP) is 4.79. The standard InChI is InChI=1S/C23H29N3O3.ClH/c1-29-21-13-12-18(15-20(21)26-23(28)17-8-3-2-4-9-17)25-22(27)14-11-16-7-5-6-10-19(16)24;/h5-7,10,12-13,15,17H,2-4,8-9,11,14,24H2,1H3,(H,25,27)(H,26,28);1H. The molecule has 0 unspecified atom stereocenters. The Balaban J connectivity index is 0.00000320. The van der Waals surface area contributed by atoms with Gasteiger partial charge in [-0.25, -0.2) is 0 Å². The zero-order chi connectivity index (χ0) is 20.6. The number of hydrogen-bond donors (Lipinski definition) is 3. The molecule has 0 spiro atoms. The monoisotopic (exact) mass is 431 g/mol. The van der Waals surface area contributed by atoms with Crippen LogP contribution in [0.15, 0.2) is 42.5 Å². The summed E-state index contributed by atoms with van der Waals surface area (Å²) in [6, 6.07) is 12.8. The minimum Gasteiger partial charge on any atom is -0.495 e. The lowest BCUT2D eigenvalue weighted by molar-refractivity contribution is -0.120. The molecule has 7 heteroatoms. The molecule has 3 rings (SSSR count). The maximum atomic E-state index is 12.6. The molecule has 0 aromatic heterocycles. The highest BCUT2D eigenvalue weighted by molar-refractivity contribution is 5.96. The number of anilines is 3. The molecule has 6 nitrogen and oxygen atoms in total. The van der Waals surface area contributed by atoms with Gasteiger partial charge in [0.15, 0.2) is 0 Å². The summed E-state index contributed by atoms with van der Waals surface area (Å²) in [6.07, 6.45) is 6.13. The number of nitrogen functional groups attached to an aromatic ring is 1. The summed E-state index contributed by atoms with van der Waals surface area (Å²) >= 11 is 0. The summed E-state index contributed by atoms with van der Waals surface area (Å²) in [5, 5.41) is 5.87. The van der Waals surface area contributed by atoms with Crippen molar-refractivity contribution in [3.8, 4) is 5.75 Å². The van der Waals surface area contributed by atoms with Crippen molar-refractivity contribution in [2.45, 2.75) is 44.9 Å². The Kier molecular flexibility index (Phi) is 8.99. The van der Waals surface area contributed by atoms with Crippen molar-refractivity contribution in [2.75, 3.05) is 23.5 Å². The fourth-order valence-corrected chi connectivity index (χ4v) is 3.72. The minimum atomic E-state index is -0.108. The van der Waals surface area contributed by atoms with E-state index in [2.05, 4.69) is 10.6 Å². The van der Waals surface area contributed by atoms with Crippen molar-refractivity contribution in [1.82, 2.24) is 0 Å². The summed E-state index contributed by atoms with van der Waals surface area (Å²) in [7, 11) is 1.56. The van der Waals surface area contributed by atoms with E-state index in [9.17, 15) is 9.59 Å². The number of benzene rings is 2. The van der Waals surface area contributed by atoms with Crippen molar-refractivity contribution in [2.24, 2.45) is 5.92 Å². The molecular formula is C23H30ClN3O3. The number of carbonyl (C=O) groups is 2. The molecule has 0 aliphatic heterocycles. The third-order valence-electron chi connectivity index (χ3n) is 5.39. The van der Waals surface area contributed by atoms with E-state index in [0.717, 1.165) is 31.2 Å². The van der Waals surface area contributed by atoms with E-state index >= 15 is 0 Å². The maximum Gasteiger partial charge on any atom is 0.227 e. The van der Waals surface area contributed by atoms with Gasteiger partial charge in [0.05, 0.1) is 12.8 Å². The number of para-hydroxylation sites is 1. The van der Waals surface area contributed by atoms with Crippen LogP contribution in [-0.2, 0) is 16.0 Å². The number of nitrogens with one attached hydrogen (secondary N) is 2. The highest BCUT2D eigenvalue weighted by atomic mass is 35.5. The fourth-order valence-electron chi connectivity index (χ4n) is 3.72. The van der Waals surface area contributed by atoms with Crippen molar-refractivity contribution in [3.63, 3.8) is 0 Å². The van der Waals surface area contributed by atoms with Crippen LogP contribution in [0.5, 0.6) is 5.75 Å². The lowest BCUT2D eigenvalue weighted by Crippen LogP contribution is -2.25. The van der Waals surface area contributed by atoms with Crippen molar-refractivity contribution < 1.29 is 14.3 Å². The summed E-state index contributed by atoms with van der Waals surface area (Å²) in [6.45, 7) is 0. The molecule has 2 aromatic carbocycles. The molecule has 0 bridgehead atoms. The van der Waals surface area contributed by atoms with Crippen LogP contribution < -0.4 is 21.1 Å². The number of rotatable bonds is 7. The van der Waals surface area contributed by atoms with Crippen LogP contribution in [-0.4, -0.2) is 18.9 Å². The number of ether oxygens (including phenoxy) is 1. The number of halogens is 1. The van der Waals surface area contributed by atoms with E-state index in [1.54, 1.807) is 25.3 Å². The van der Waals surface area contributed by atoms with Gasteiger partial charge in [-0.3, -0.25) is 9.59 Å². The van der Waals surface area contributed by atoms with Crippen LogP contribution in [0, 0.1) is 5.92 Å². The quantitative estimate of drug-likeness (QED) is 0.549. The third-order valence-corrected chi connectivity index (χ3v) is 5.39. The van der Waals surface area contributed by atoms with Crippen LogP contribution in [0.25, 0.3) is 0 Å². The SMILES string of the molecule is COc1ccc(NC(=O)CCc2ccccc2N)cc1NC(=O)C1CCCCC1.Cl. The van der Waals surface area contributed by atoms with E-state index in [1.165, 1.54) is 6.42 Å². The molecule has 1 aliphatic rings. The minimum absolute atomic E-state index is 0. The van der Waals surface area contributed by atoms with Crippen molar-refractivity contribution in [1.29, 1.82) is 0 Å². The smallest absolute Gasteiger partial charge is 0.227 e. The number of nitrogens with two attached hydrogens (primary N) is 1. The normalized spacial score (nSPS) is 13.8. The second kappa shape index (κ2) is 11.5. The summed E-state index contributed by atoms with van der Waals surface area (Å²) in [5.74, 6) is 0.529. The first-order chi connectivity index (χ1) is 14.1. The summed E-state index contributed by atoms with van der Waals surface area (Å²) in [4.78, 5) is 25.0. The zero-order valence-electron chi connectivity index (χ0n) is 17.3. The van der Waals surface area contributed by atoms with Gasteiger partial charge in [-0.1, -0.05) is 37.5 Å². The predicted molar refractivity (Wildman–Crippen MR) is 123 cm³/mol. The Labute approximate surface area is 184 Å². The number of carbonyl (C=O) groups excluding carboxylic acids is 2. The molecule has 0 radical (unpaired) electrons. The number of methoxy groups -OCH3 is 1. The van der Waals surface area contributed by atoms with Crippen molar-refractivity contribution in [3.05, 3.63) is 48.0 Å². The van der Waals surface area contributed by atoms with Crippen LogP contribution in [0.2, 0.25) is 0 Å². The molecular weight excluding hydrogens is 402 g/mol. The average Bonchev–Trinajstić information content (AvgIpc) is 2.74. The highest BCUT2D eigenvalue weighted by Crippen LogP contribution is 2.30. The van der Waals surface area contributed by atoms with Crippen LogP contribution >= 0.6 is 12.4 Å². The molecule has 0 atom stereocenters. The van der Waals surface area contributed by atoms with Gasteiger partial charge in [0.2, 0.25) is 11.8 Å². The molecule has 30 heavy (non-hydrogen) atoms. The second-order valence-corrected chi connectivity index (χ2v) is 7.49. The van der Waals surface area contributed by atoms with E-state index in [1.807, 2.05) is 24.3 Å². The molecule has 1 fully saturated rings. The van der Waals surface area contributed by atoms with Gasteiger partial charge in [0.25, 0.3) is 0 Å². The fraction of sp³-hybridized carbons (Fsp3) is 0.391. The topological polar surface area (TPSA) is 93.4 Å². The average molecular weight is 432 g/mol. The molecule has 1 saturated carbocycles. The van der Waals surface area contributed by atoms with Gasteiger partial charge in [-0.2, -0.15) is 0 Å². The zero-order valence-corrected chi connectivity index (χ0v) is 18.1. The Morgan fingerprint density at radius 2 is 1.80 bits per heavy atom. The molecule has 2 aromatic rings. The first-order valence-corrected chi connectivity index (χ1v) is 10.2. The third kappa shape index (κ3) is 6.39. The molecule has 4 N–H and O–H groups in total. The highest BCUT2D eigenvalue weighted by Gasteiger charge is 2.22. The van der Waals surface area contributed by atoms with Crippen LogP contribution in [0.1, 0.15) is 44.1 Å².